The summed E-state index contributed by atoms with van der Waals surface area (Å²) in [5, 5.41) is 12.8. The molecule has 6 aromatic carbocycles. The fourth-order valence-corrected chi connectivity index (χ4v) is 6.27. The van der Waals surface area contributed by atoms with E-state index in [4.69, 9.17) is 14.4 Å². The second kappa shape index (κ2) is 9.36. The Morgan fingerprint density at radius 1 is 0.558 bits per heavy atom. The summed E-state index contributed by atoms with van der Waals surface area (Å²) in [4.78, 5) is 14.8. The summed E-state index contributed by atoms with van der Waals surface area (Å²) in [6, 6.07) is 42.3. The van der Waals surface area contributed by atoms with Crippen LogP contribution >= 0.6 is 0 Å². The van der Waals surface area contributed by atoms with Crippen LogP contribution in [0.5, 0.6) is 0 Å². The van der Waals surface area contributed by atoms with Crippen LogP contribution in [0.25, 0.3) is 54.3 Å². The molecule has 43 heavy (non-hydrogen) atoms. The fourth-order valence-electron chi connectivity index (χ4n) is 6.27. The Labute approximate surface area is 246 Å². The van der Waals surface area contributed by atoms with Gasteiger partial charge in [0.25, 0.3) is 0 Å². The Morgan fingerprint density at radius 3 is 2.26 bits per heavy atom. The van der Waals surface area contributed by atoms with Crippen LogP contribution in [0.3, 0.4) is 0 Å². The molecule has 0 radical (unpaired) electrons. The molecule has 0 saturated carbocycles. The molecule has 1 unspecified atom stereocenters. The van der Waals surface area contributed by atoms with Crippen molar-refractivity contribution in [1.29, 1.82) is 0 Å². The molecule has 5 heteroatoms. The van der Waals surface area contributed by atoms with E-state index in [2.05, 4.69) is 113 Å². The molecular weight excluding hydrogens is 528 g/mol. The van der Waals surface area contributed by atoms with Crippen LogP contribution in [-0.2, 0) is 0 Å². The van der Waals surface area contributed by atoms with Gasteiger partial charge in [0, 0.05) is 34.3 Å². The molecular formula is C38H24N4O. The quantitative estimate of drug-likeness (QED) is 0.223. The lowest BCUT2D eigenvalue weighted by molar-refractivity contribution is 0.668. The van der Waals surface area contributed by atoms with Gasteiger partial charge in [-0.3, -0.25) is 4.98 Å². The lowest BCUT2D eigenvalue weighted by Gasteiger charge is -2.23. The van der Waals surface area contributed by atoms with E-state index in [9.17, 15) is 0 Å². The number of benzene rings is 6. The Morgan fingerprint density at radius 2 is 1.33 bits per heavy atom. The summed E-state index contributed by atoms with van der Waals surface area (Å²) in [7, 11) is 0. The van der Waals surface area contributed by atoms with Crippen LogP contribution in [0, 0.1) is 0 Å². The van der Waals surface area contributed by atoms with Crippen molar-refractivity contribution >= 4 is 65.9 Å². The maximum absolute atomic E-state index is 6.19. The largest absolute Gasteiger partial charge is 0.456 e. The van der Waals surface area contributed by atoms with E-state index < -0.39 is 6.17 Å². The van der Waals surface area contributed by atoms with Crippen molar-refractivity contribution in [2.24, 2.45) is 9.98 Å². The highest BCUT2D eigenvalue weighted by Gasteiger charge is 2.24. The van der Waals surface area contributed by atoms with Crippen molar-refractivity contribution in [2.45, 2.75) is 6.17 Å². The maximum atomic E-state index is 6.19. The minimum atomic E-state index is -0.425. The van der Waals surface area contributed by atoms with Crippen LogP contribution in [0.2, 0.25) is 0 Å². The van der Waals surface area contributed by atoms with E-state index in [0.29, 0.717) is 0 Å². The van der Waals surface area contributed by atoms with Crippen molar-refractivity contribution in [3.63, 3.8) is 0 Å². The van der Waals surface area contributed by atoms with E-state index in [-0.39, 0.29) is 0 Å². The van der Waals surface area contributed by atoms with E-state index in [0.717, 1.165) is 50.3 Å². The number of pyridine rings is 1. The Hall–Kier alpha value is -5.81. The van der Waals surface area contributed by atoms with E-state index >= 15 is 0 Å². The minimum Gasteiger partial charge on any atom is -0.456 e. The monoisotopic (exact) mass is 552 g/mol. The summed E-state index contributed by atoms with van der Waals surface area (Å²) in [6.45, 7) is 0. The number of nitrogens with zero attached hydrogens (tertiary/aromatic N) is 3. The molecule has 1 N–H and O–H groups in total. The highest BCUT2D eigenvalue weighted by Crippen LogP contribution is 2.34. The van der Waals surface area contributed by atoms with E-state index in [1.54, 1.807) is 6.20 Å². The molecule has 3 heterocycles. The molecule has 1 aliphatic rings. The molecule has 0 saturated heterocycles. The van der Waals surface area contributed by atoms with Crippen molar-refractivity contribution in [3.05, 3.63) is 150 Å². The third-order valence-corrected chi connectivity index (χ3v) is 8.38. The number of fused-ring (bicyclic) bond motifs is 7. The molecule has 0 amide bonds. The number of aliphatic imine (C=N–C) groups is 2. The van der Waals surface area contributed by atoms with Gasteiger partial charge >= 0.3 is 0 Å². The van der Waals surface area contributed by atoms with Crippen molar-refractivity contribution in [1.82, 2.24) is 10.3 Å². The van der Waals surface area contributed by atoms with Gasteiger partial charge in [-0.15, -0.1) is 0 Å². The highest BCUT2D eigenvalue weighted by atomic mass is 16.3. The number of hydrogen-bond donors (Lipinski definition) is 1. The van der Waals surface area contributed by atoms with Gasteiger partial charge in [-0.25, -0.2) is 9.98 Å². The normalized spacial score (nSPS) is 15.2. The second-order valence-corrected chi connectivity index (χ2v) is 10.9. The number of rotatable bonds is 3. The molecule has 0 aliphatic carbocycles. The first-order chi connectivity index (χ1) is 21.3. The SMILES string of the molecule is c1ccc2cc(C3N=C(c4ccc5ccc6ccccc6c5c4)NC(c4cccc5oc6ccncc6c45)=N3)ccc2c1. The van der Waals surface area contributed by atoms with E-state index in [1.807, 2.05) is 24.4 Å². The number of nitrogens with one attached hydrogen (secondary N) is 1. The van der Waals surface area contributed by atoms with Crippen LogP contribution in [0.1, 0.15) is 22.9 Å². The average molecular weight is 553 g/mol. The fraction of sp³-hybridized carbons (Fsp3) is 0.0263. The van der Waals surface area contributed by atoms with Crippen molar-refractivity contribution in [2.75, 3.05) is 0 Å². The Balaban J connectivity index is 1.25. The topological polar surface area (TPSA) is 62.8 Å². The predicted molar refractivity (Wildman–Crippen MR) is 176 cm³/mol. The third-order valence-electron chi connectivity index (χ3n) is 8.38. The summed E-state index contributed by atoms with van der Waals surface area (Å²) in [5.74, 6) is 1.53. The first-order valence-corrected chi connectivity index (χ1v) is 14.4. The zero-order valence-electron chi connectivity index (χ0n) is 23.0. The van der Waals surface area contributed by atoms with Gasteiger partial charge in [0.1, 0.15) is 22.8 Å². The van der Waals surface area contributed by atoms with Gasteiger partial charge in [0.05, 0.1) is 0 Å². The third kappa shape index (κ3) is 3.90. The smallest absolute Gasteiger partial charge is 0.169 e. The number of aromatic nitrogens is 1. The Bertz CT molecular complexity index is 2450. The lowest BCUT2D eigenvalue weighted by Crippen LogP contribution is -2.36. The molecule has 202 valence electrons. The molecule has 1 atom stereocenters. The highest BCUT2D eigenvalue weighted by molar-refractivity contribution is 6.24. The first-order valence-electron chi connectivity index (χ1n) is 14.4. The average Bonchev–Trinajstić information content (AvgIpc) is 3.46. The van der Waals surface area contributed by atoms with Gasteiger partial charge in [0.15, 0.2) is 6.17 Å². The zero-order chi connectivity index (χ0) is 28.3. The molecule has 0 spiro atoms. The minimum absolute atomic E-state index is 0.425. The number of hydrogen-bond acceptors (Lipinski definition) is 5. The van der Waals surface area contributed by atoms with Crippen LogP contribution in [-0.4, -0.2) is 16.7 Å². The van der Waals surface area contributed by atoms with Crippen molar-refractivity contribution in [3.8, 4) is 0 Å². The zero-order valence-corrected chi connectivity index (χ0v) is 23.0. The van der Waals surface area contributed by atoms with Gasteiger partial charge in [-0.2, -0.15) is 0 Å². The predicted octanol–water partition coefficient (Wildman–Crippen LogP) is 8.94. The molecule has 0 fully saturated rings. The summed E-state index contributed by atoms with van der Waals surface area (Å²) in [6.07, 6.45) is 3.19. The molecule has 5 nitrogen and oxygen atoms in total. The Kier molecular flexibility index (Phi) is 5.19. The van der Waals surface area contributed by atoms with Crippen LogP contribution < -0.4 is 5.32 Å². The van der Waals surface area contributed by atoms with Gasteiger partial charge < -0.3 is 9.73 Å². The lowest BCUT2D eigenvalue weighted by atomic mass is 9.99. The van der Waals surface area contributed by atoms with Gasteiger partial charge in [-0.1, -0.05) is 97.1 Å². The van der Waals surface area contributed by atoms with Gasteiger partial charge in [-0.05, 0) is 62.1 Å². The van der Waals surface area contributed by atoms with Crippen LogP contribution in [0.15, 0.2) is 148 Å². The molecule has 1 aliphatic heterocycles. The standard InChI is InChI=1S/C38H24N4O/c1-2-8-26-20-27(16-12-23(26)6-1)36-40-37(28-17-15-25-14-13-24-7-3-4-9-29(24)31(25)21-28)42-38(41-36)30-10-5-11-34-35(30)32-22-39-19-18-33(32)43-34/h1-22,36H,(H,40,41,42). The summed E-state index contributed by atoms with van der Waals surface area (Å²) in [5.41, 5.74) is 4.60. The van der Waals surface area contributed by atoms with Gasteiger partial charge in [0.2, 0.25) is 0 Å². The molecule has 9 rings (SSSR count). The van der Waals surface area contributed by atoms with Crippen molar-refractivity contribution < 1.29 is 4.42 Å². The second-order valence-electron chi connectivity index (χ2n) is 10.9. The summed E-state index contributed by atoms with van der Waals surface area (Å²) >= 11 is 0. The molecule has 2 aromatic heterocycles. The van der Waals surface area contributed by atoms with E-state index in [1.165, 1.54) is 32.3 Å². The molecule has 8 aromatic rings. The molecule has 0 bridgehead atoms. The van der Waals surface area contributed by atoms with Crippen LogP contribution in [0.4, 0.5) is 0 Å². The maximum Gasteiger partial charge on any atom is 0.169 e. The first kappa shape index (κ1) is 23.9. The number of amidine groups is 2. The number of furan rings is 1. The summed E-state index contributed by atoms with van der Waals surface area (Å²) < 4.78 is 6.19.